The SMILES string of the molecule is CC(=O)OCCc1ccc(C#N)nc1. The molecule has 0 saturated carbocycles. The van der Waals surface area contributed by atoms with Gasteiger partial charge >= 0.3 is 5.97 Å². The van der Waals surface area contributed by atoms with Crippen LogP contribution in [0.3, 0.4) is 0 Å². The zero-order valence-electron chi connectivity index (χ0n) is 7.86. The van der Waals surface area contributed by atoms with Gasteiger partial charge in [0, 0.05) is 19.5 Å². The lowest BCUT2D eigenvalue weighted by molar-refractivity contribution is -0.140. The Morgan fingerprint density at radius 3 is 2.93 bits per heavy atom. The van der Waals surface area contributed by atoms with Gasteiger partial charge in [-0.05, 0) is 11.6 Å². The van der Waals surface area contributed by atoms with Crippen molar-refractivity contribution >= 4 is 5.97 Å². The molecule has 72 valence electrons. The van der Waals surface area contributed by atoms with Crippen molar-refractivity contribution in [1.29, 1.82) is 5.26 Å². The van der Waals surface area contributed by atoms with Gasteiger partial charge in [0.1, 0.15) is 11.8 Å². The van der Waals surface area contributed by atoms with Crippen LogP contribution in [0.25, 0.3) is 0 Å². The zero-order chi connectivity index (χ0) is 10.4. The topological polar surface area (TPSA) is 63.0 Å². The molecule has 0 aliphatic carbocycles. The maximum atomic E-state index is 10.5. The van der Waals surface area contributed by atoms with Gasteiger partial charge in [-0.2, -0.15) is 5.26 Å². The number of hydrogen-bond donors (Lipinski definition) is 0. The van der Waals surface area contributed by atoms with E-state index in [1.165, 1.54) is 6.92 Å². The molecule has 0 atom stereocenters. The Morgan fingerprint density at radius 2 is 2.43 bits per heavy atom. The lowest BCUT2D eigenvalue weighted by atomic mass is 10.2. The molecule has 0 bridgehead atoms. The second kappa shape index (κ2) is 4.97. The van der Waals surface area contributed by atoms with Crippen LogP contribution in [0.1, 0.15) is 18.2 Å². The second-order valence-corrected chi connectivity index (χ2v) is 2.75. The summed E-state index contributed by atoms with van der Waals surface area (Å²) in [6.45, 7) is 1.72. The molecule has 0 spiro atoms. The third-order valence-electron chi connectivity index (χ3n) is 1.64. The molecule has 0 aliphatic rings. The Balaban J connectivity index is 2.45. The molecular formula is C10H10N2O2. The molecule has 1 aromatic heterocycles. The van der Waals surface area contributed by atoms with E-state index < -0.39 is 0 Å². The van der Waals surface area contributed by atoms with Crippen molar-refractivity contribution in [2.45, 2.75) is 13.3 Å². The summed E-state index contributed by atoms with van der Waals surface area (Å²) >= 11 is 0. The molecule has 1 heterocycles. The maximum Gasteiger partial charge on any atom is 0.302 e. The van der Waals surface area contributed by atoms with Gasteiger partial charge in [-0.3, -0.25) is 4.79 Å². The molecule has 0 saturated heterocycles. The minimum absolute atomic E-state index is 0.286. The highest BCUT2D eigenvalue weighted by atomic mass is 16.5. The lowest BCUT2D eigenvalue weighted by Gasteiger charge is -2.01. The molecular weight excluding hydrogens is 180 g/mol. The van der Waals surface area contributed by atoms with Crippen molar-refractivity contribution in [1.82, 2.24) is 4.98 Å². The van der Waals surface area contributed by atoms with Crippen LogP contribution in [-0.2, 0) is 16.0 Å². The van der Waals surface area contributed by atoms with Crippen LogP contribution in [0, 0.1) is 11.3 Å². The van der Waals surface area contributed by atoms with E-state index in [0.717, 1.165) is 5.56 Å². The highest BCUT2D eigenvalue weighted by Gasteiger charge is 1.97. The zero-order valence-corrected chi connectivity index (χ0v) is 7.86. The predicted octanol–water partition coefficient (Wildman–Crippen LogP) is 1.06. The minimum atomic E-state index is -0.286. The number of aromatic nitrogens is 1. The average molecular weight is 190 g/mol. The van der Waals surface area contributed by atoms with E-state index in [9.17, 15) is 4.79 Å². The number of esters is 1. The summed E-state index contributed by atoms with van der Waals surface area (Å²) in [5, 5.41) is 8.50. The van der Waals surface area contributed by atoms with Crippen LogP contribution < -0.4 is 0 Å². The number of pyridine rings is 1. The Hall–Kier alpha value is -1.89. The number of nitriles is 1. The molecule has 1 aromatic rings. The summed E-state index contributed by atoms with van der Waals surface area (Å²) in [7, 11) is 0. The van der Waals surface area contributed by atoms with Crippen molar-refractivity contribution < 1.29 is 9.53 Å². The number of carbonyl (C=O) groups is 1. The quantitative estimate of drug-likeness (QED) is 0.668. The fourth-order valence-corrected chi connectivity index (χ4v) is 0.951. The Labute approximate surface area is 82.1 Å². The van der Waals surface area contributed by atoms with Gasteiger partial charge in [0.05, 0.1) is 6.61 Å². The molecule has 4 nitrogen and oxygen atoms in total. The number of nitrogens with zero attached hydrogens (tertiary/aromatic N) is 2. The Morgan fingerprint density at radius 1 is 1.64 bits per heavy atom. The van der Waals surface area contributed by atoms with E-state index in [1.54, 1.807) is 18.3 Å². The number of rotatable bonds is 3. The van der Waals surface area contributed by atoms with Gasteiger partial charge in [-0.1, -0.05) is 6.07 Å². The fourth-order valence-electron chi connectivity index (χ4n) is 0.951. The van der Waals surface area contributed by atoms with Gasteiger partial charge in [-0.25, -0.2) is 4.98 Å². The van der Waals surface area contributed by atoms with E-state index in [2.05, 4.69) is 4.98 Å². The van der Waals surface area contributed by atoms with Crippen LogP contribution in [0.5, 0.6) is 0 Å². The van der Waals surface area contributed by atoms with Crippen LogP contribution in [-0.4, -0.2) is 17.6 Å². The van der Waals surface area contributed by atoms with Crippen molar-refractivity contribution in [2.24, 2.45) is 0 Å². The van der Waals surface area contributed by atoms with E-state index in [0.29, 0.717) is 18.7 Å². The van der Waals surface area contributed by atoms with Gasteiger partial charge in [-0.15, -0.1) is 0 Å². The molecule has 4 heteroatoms. The predicted molar refractivity (Wildman–Crippen MR) is 49.3 cm³/mol. The first-order valence-corrected chi connectivity index (χ1v) is 4.21. The molecule has 0 fully saturated rings. The first-order chi connectivity index (χ1) is 6.72. The molecule has 0 N–H and O–H groups in total. The van der Waals surface area contributed by atoms with Crippen molar-refractivity contribution in [3.05, 3.63) is 29.6 Å². The first-order valence-electron chi connectivity index (χ1n) is 4.21. The molecule has 0 radical (unpaired) electrons. The highest BCUT2D eigenvalue weighted by Crippen LogP contribution is 2.00. The monoisotopic (exact) mass is 190 g/mol. The van der Waals surface area contributed by atoms with Gasteiger partial charge in [0.2, 0.25) is 0 Å². The molecule has 0 aromatic carbocycles. The van der Waals surface area contributed by atoms with Crippen LogP contribution in [0.2, 0.25) is 0 Å². The minimum Gasteiger partial charge on any atom is -0.466 e. The van der Waals surface area contributed by atoms with Crippen molar-refractivity contribution in [3.63, 3.8) is 0 Å². The fraction of sp³-hybridized carbons (Fsp3) is 0.300. The largest absolute Gasteiger partial charge is 0.466 e. The summed E-state index contributed by atoms with van der Waals surface area (Å²) < 4.78 is 4.77. The molecule has 14 heavy (non-hydrogen) atoms. The number of carbonyl (C=O) groups excluding carboxylic acids is 1. The standard InChI is InChI=1S/C10H10N2O2/c1-8(13)14-5-4-9-2-3-10(6-11)12-7-9/h2-3,7H,4-5H2,1H3. The Bertz CT molecular complexity index is 351. The Kier molecular flexibility index (Phi) is 3.62. The molecule has 0 unspecified atom stereocenters. The highest BCUT2D eigenvalue weighted by molar-refractivity contribution is 5.65. The normalized spacial score (nSPS) is 9.14. The maximum absolute atomic E-state index is 10.5. The third-order valence-corrected chi connectivity index (χ3v) is 1.64. The third kappa shape index (κ3) is 3.23. The summed E-state index contributed by atoms with van der Waals surface area (Å²) in [5.74, 6) is -0.286. The van der Waals surface area contributed by atoms with E-state index in [4.69, 9.17) is 10.00 Å². The summed E-state index contributed by atoms with van der Waals surface area (Å²) in [4.78, 5) is 14.3. The second-order valence-electron chi connectivity index (χ2n) is 2.75. The lowest BCUT2D eigenvalue weighted by Crippen LogP contribution is -2.03. The smallest absolute Gasteiger partial charge is 0.302 e. The van der Waals surface area contributed by atoms with Crippen LogP contribution in [0.15, 0.2) is 18.3 Å². The summed E-state index contributed by atoms with van der Waals surface area (Å²) in [6, 6.07) is 5.37. The summed E-state index contributed by atoms with van der Waals surface area (Å²) in [5.41, 5.74) is 1.34. The van der Waals surface area contributed by atoms with Gasteiger partial charge in [0.15, 0.2) is 0 Å². The van der Waals surface area contributed by atoms with E-state index in [1.807, 2.05) is 6.07 Å². The van der Waals surface area contributed by atoms with Gasteiger partial charge in [0.25, 0.3) is 0 Å². The number of hydrogen-bond acceptors (Lipinski definition) is 4. The van der Waals surface area contributed by atoms with Crippen LogP contribution >= 0.6 is 0 Å². The molecule has 1 rings (SSSR count). The van der Waals surface area contributed by atoms with Crippen LogP contribution in [0.4, 0.5) is 0 Å². The average Bonchev–Trinajstić information content (AvgIpc) is 2.18. The number of ether oxygens (including phenoxy) is 1. The molecule has 0 amide bonds. The van der Waals surface area contributed by atoms with Crippen molar-refractivity contribution in [2.75, 3.05) is 6.61 Å². The first kappa shape index (κ1) is 10.2. The van der Waals surface area contributed by atoms with E-state index in [-0.39, 0.29) is 5.97 Å². The van der Waals surface area contributed by atoms with E-state index >= 15 is 0 Å². The molecule has 0 aliphatic heterocycles. The van der Waals surface area contributed by atoms with Gasteiger partial charge < -0.3 is 4.74 Å². The van der Waals surface area contributed by atoms with Crippen molar-refractivity contribution in [3.8, 4) is 6.07 Å². The summed E-state index contributed by atoms with van der Waals surface area (Å²) in [6.07, 6.45) is 2.24.